The highest BCUT2D eigenvalue weighted by Gasteiger charge is 2.19. The molecule has 3 aromatic rings. The van der Waals surface area contributed by atoms with Gasteiger partial charge >= 0.3 is 0 Å². The summed E-state index contributed by atoms with van der Waals surface area (Å²) in [7, 11) is -0.435. The van der Waals surface area contributed by atoms with Gasteiger partial charge in [-0.25, -0.2) is 8.42 Å². The van der Waals surface area contributed by atoms with Gasteiger partial charge in [-0.15, -0.1) is 5.10 Å². The van der Waals surface area contributed by atoms with E-state index in [0.29, 0.717) is 22.9 Å². The van der Waals surface area contributed by atoms with Crippen molar-refractivity contribution >= 4 is 33.3 Å². The minimum atomic E-state index is -3.49. The number of nitrogens with one attached hydrogen (secondary N) is 2. The molecule has 0 aliphatic heterocycles. The number of benzene rings is 2. The molecule has 9 nitrogen and oxygen atoms in total. The number of hydrogen-bond donors (Lipinski definition) is 2. The zero-order valence-electron chi connectivity index (χ0n) is 16.4. The molecule has 3 rings (SSSR count). The summed E-state index contributed by atoms with van der Waals surface area (Å²) < 4.78 is 34.7. The average Bonchev–Trinajstić information content (AvgIpc) is 3.21. The third kappa shape index (κ3) is 4.39. The standard InChI is InChI=1S/C19H19ClN4O5S/c1-4-30(26,27)12-6-8-15(20)14(10-12)18(25)22-19-21-17(23-24-19)13-7-5-11(28-2)9-16(13)29-3/h5-10H,4H2,1-3H3,(H2,21,22,23,24,25). The predicted octanol–water partition coefficient (Wildman–Crippen LogP) is 3.19. The van der Waals surface area contributed by atoms with Gasteiger partial charge in [-0.2, -0.15) is 4.98 Å². The monoisotopic (exact) mass is 450 g/mol. The van der Waals surface area contributed by atoms with Gasteiger partial charge < -0.3 is 9.47 Å². The van der Waals surface area contributed by atoms with Crippen LogP contribution in [0.5, 0.6) is 11.5 Å². The molecule has 0 saturated heterocycles. The molecule has 0 unspecified atom stereocenters. The number of aromatic nitrogens is 3. The molecule has 0 atom stereocenters. The summed E-state index contributed by atoms with van der Waals surface area (Å²) in [6, 6.07) is 9.12. The van der Waals surface area contributed by atoms with Crippen LogP contribution in [0.2, 0.25) is 5.02 Å². The molecule has 30 heavy (non-hydrogen) atoms. The second-order valence-electron chi connectivity index (χ2n) is 6.07. The highest BCUT2D eigenvalue weighted by atomic mass is 35.5. The van der Waals surface area contributed by atoms with Crippen LogP contribution in [0.4, 0.5) is 5.95 Å². The minimum absolute atomic E-state index is 0.000398. The molecule has 0 radical (unpaired) electrons. The number of rotatable bonds is 7. The quantitative estimate of drug-likeness (QED) is 0.566. The Kier molecular flexibility index (Phi) is 6.28. The second-order valence-corrected chi connectivity index (χ2v) is 8.76. The molecule has 0 bridgehead atoms. The van der Waals surface area contributed by atoms with Crippen molar-refractivity contribution in [2.75, 3.05) is 25.3 Å². The number of H-pyrrole nitrogens is 1. The van der Waals surface area contributed by atoms with E-state index in [4.69, 9.17) is 21.1 Å². The molecule has 0 aliphatic carbocycles. The van der Waals surface area contributed by atoms with Crippen molar-refractivity contribution in [3.8, 4) is 22.9 Å². The van der Waals surface area contributed by atoms with E-state index in [2.05, 4.69) is 20.5 Å². The van der Waals surface area contributed by atoms with Crippen LogP contribution in [0.3, 0.4) is 0 Å². The van der Waals surface area contributed by atoms with Gasteiger partial charge in [-0.05, 0) is 30.3 Å². The van der Waals surface area contributed by atoms with Crippen molar-refractivity contribution in [2.45, 2.75) is 11.8 Å². The summed E-state index contributed by atoms with van der Waals surface area (Å²) in [5.41, 5.74) is 0.611. The molecule has 1 amide bonds. The molecule has 0 fully saturated rings. The minimum Gasteiger partial charge on any atom is -0.497 e. The number of anilines is 1. The Morgan fingerprint density at radius 2 is 1.93 bits per heavy atom. The molecule has 0 spiro atoms. The summed E-state index contributed by atoms with van der Waals surface area (Å²) in [5.74, 6) is 0.735. The van der Waals surface area contributed by atoms with Gasteiger partial charge in [0.15, 0.2) is 15.7 Å². The summed E-state index contributed by atoms with van der Waals surface area (Å²) >= 11 is 6.09. The van der Waals surface area contributed by atoms with E-state index >= 15 is 0 Å². The fourth-order valence-electron chi connectivity index (χ4n) is 2.64. The fraction of sp³-hybridized carbons (Fsp3) is 0.211. The number of halogens is 1. The van der Waals surface area contributed by atoms with Gasteiger partial charge in [0, 0.05) is 6.07 Å². The van der Waals surface area contributed by atoms with Crippen LogP contribution >= 0.6 is 11.6 Å². The zero-order valence-corrected chi connectivity index (χ0v) is 18.0. The smallest absolute Gasteiger partial charge is 0.259 e. The number of amides is 1. The number of hydrogen-bond acceptors (Lipinski definition) is 7. The summed E-state index contributed by atoms with van der Waals surface area (Å²) in [6.07, 6.45) is 0. The lowest BCUT2D eigenvalue weighted by Gasteiger charge is -2.08. The van der Waals surface area contributed by atoms with Crippen LogP contribution in [0.25, 0.3) is 11.4 Å². The Balaban J connectivity index is 1.87. The molecule has 1 aromatic heterocycles. The van der Waals surface area contributed by atoms with Crippen molar-refractivity contribution in [1.82, 2.24) is 15.2 Å². The summed E-state index contributed by atoms with van der Waals surface area (Å²) in [4.78, 5) is 16.9. The Hall–Kier alpha value is -3.11. The van der Waals surface area contributed by atoms with E-state index in [9.17, 15) is 13.2 Å². The lowest BCUT2D eigenvalue weighted by molar-refractivity contribution is 0.102. The van der Waals surface area contributed by atoms with Crippen molar-refractivity contribution in [3.05, 3.63) is 47.0 Å². The molecule has 0 aliphatic rings. The highest BCUT2D eigenvalue weighted by molar-refractivity contribution is 7.91. The number of ether oxygens (including phenoxy) is 2. The maximum atomic E-state index is 12.6. The fourth-order valence-corrected chi connectivity index (χ4v) is 3.75. The first-order valence-corrected chi connectivity index (χ1v) is 10.8. The van der Waals surface area contributed by atoms with Gasteiger partial charge in [-0.3, -0.25) is 15.2 Å². The Bertz CT molecular complexity index is 1190. The van der Waals surface area contributed by atoms with Crippen molar-refractivity contribution in [1.29, 1.82) is 0 Å². The number of aromatic amines is 1. The number of sulfone groups is 1. The first-order valence-electron chi connectivity index (χ1n) is 8.77. The molecule has 1 heterocycles. The lowest BCUT2D eigenvalue weighted by Crippen LogP contribution is -2.15. The van der Waals surface area contributed by atoms with Crippen LogP contribution in [0, 0.1) is 0 Å². The first kappa shape index (κ1) is 21.6. The van der Waals surface area contributed by atoms with E-state index in [1.165, 1.54) is 32.2 Å². The van der Waals surface area contributed by atoms with Crippen molar-refractivity contribution in [2.24, 2.45) is 0 Å². The van der Waals surface area contributed by atoms with Crippen LogP contribution in [-0.4, -0.2) is 49.5 Å². The van der Waals surface area contributed by atoms with Gasteiger partial charge in [0.2, 0.25) is 5.95 Å². The Labute approximate surface area is 178 Å². The molecule has 0 saturated carbocycles. The molecular weight excluding hydrogens is 432 g/mol. The number of methoxy groups -OCH3 is 2. The predicted molar refractivity (Wildman–Crippen MR) is 112 cm³/mol. The number of carbonyl (C=O) groups excluding carboxylic acids is 1. The SMILES string of the molecule is CCS(=O)(=O)c1ccc(Cl)c(C(=O)Nc2n[nH]c(-c3ccc(OC)cc3OC)n2)c1. The summed E-state index contributed by atoms with van der Waals surface area (Å²) in [6.45, 7) is 1.52. The summed E-state index contributed by atoms with van der Waals surface area (Å²) in [5, 5.41) is 9.32. The normalized spacial score (nSPS) is 11.2. The number of carbonyl (C=O) groups is 1. The molecule has 11 heteroatoms. The second kappa shape index (κ2) is 8.72. The Morgan fingerprint density at radius 3 is 2.60 bits per heavy atom. The lowest BCUT2D eigenvalue weighted by atomic mass is 10.2. The van der Waals surface area contributed by atoms with Crippen LogP contribution in [0.1, 0.15) is 17.3 Å². The average molecular weight is 451 g/mol. The molecule has 2 N–H and O–H groups in total. The van der Waals surface area contributed by atoms with E-state index in [1.54, 1.807) is 25.3 Å². The van der Waals surface area contributed by atoms with E-state index in [-0.39, 0.29) is 27.2 Å². The third-order valence-corrected chi connectivity index (χ3v) is 6.36. The molecule has 2 aromatic carbocycles. The maximum absolute atomic E-state index is 12.6. The molecule has 158 valence electrons. The van der Waals surface area contributed by atoms with E-state index in [0.717, 1.165) is 0 Å². The van der Waals surface area contributed by atoms with Gasteiger partial charge in [0.1, 0.15) is 11.5 Å². The van der Waals surface area contributed by atoms with Gasteiger partial charge in [0.25, 0.3) is 5.91 Å². The van der Waals surface area contributed by atoms with Crippen molar-refractivity contribution in [3.63, 3.8) is 0 Å². The van der Waals surface area contributed by atoms with E-state index < -0.39 is 15.7 Å². The van der Waals surface area contributed by atoms with E-state index in [1.807, 2.05) is 0 Å². The Morgan fingerprint density at radius 1 is 1.17 bits per heavy atom. The third-order valence-electron chi connectivity index (χ3n) is 4.30. The zero-order chi connectivity index (χ0) is 21.9. The number of nitrogens with zero attached hydrogens (tertiary/aromatic N) is 2. The van der Waals surface area contributed by atoms with Crippen LogP contribution in [0.15, 0.2) is 41.3 Å². The molecular formula is C19H19ClN4O5S. The first-order chi connectivity index (χ1) is 14.3. The maximum Gasteiger partial charge on any atom is 0.259 e. The van der Waals surface area contributed by atoms with Crippen molar-refractivity contribution < 1.29 is 22.7 Å². The van der Waals surface area contributed by atoms with Gasteiger partial charge in [-0.1, -0.05) is 18.5 Å². The van der Waals surface area contributed by atoms with Crippen LogP contribution in [-0.2, 0) is 9.84 Å². The largest absolute Gasteiger partial charge is 0.497 e. The van der Waals surface area contributed by atoms with Crippen LogP contribution < -0.4 is 14.8 Å². The van der Waals surface area contributed by atoms with Gasteiger partial charge in [0.05, 0.1) is 41.0 Å². The highest BCUT2D eigenvalue weighted by Crippen LogP contribution is 2.31. The topological polar surface area (TPSA) is 123 Å².